The van der Waals surface area contributed by atoms with Crippen molar-refractivity contribution in [3.63, 3.8) is 0 Å². The Balaban J connectivity index is 1.76. The van der Waals surface area contributed by atoms with Gasteiger partial charge >= 0.3 is 0 Å². The van der Waals surface area contributed by atoms with Crippen molar-refractivity contribution in [2.45, 2.75) is 20.4 Å². The summed E-state index contributed by atoms with van der Waals surface area (Å²) in [6, 6.07) is 5.64. The van der Waals surface area contributed by atoms with Crippen molar-refractivity contribution < 1.29 is 19.2 Å². The van der Waals surface area contributed by atoms with Crippen LogP contribution >= 0.6 is 0 Å². The number of aryl methyl sites for hydroxylation is 2. The molecule has 2 N–H and O–H groups in total. The highest BCUT2D eigenvalue weighted by atomic mass is 16.6. The molecule has 2 amide bonds. The molecule has 10 nitrogen and oxygen atoms in total. The van der Waals surface area contributed by atoms with Crippen LogP contribution in [0.2, 0.25) is 0 Å². The highest BCUT2D eigenvalue weighted by molar-refractivity contribution is 6.02. The van der Waals surface area contributed by atoms with E-state index in [4.69, 9.17) is 4.74 Å². The number of rotatable bonds is 5. The Kier molecular flexibility index (Phi) is 5.12. The molecule has 2 heterocycles. The van der Waals surface area contributed by atoms with E-state index >= 15 is 0 Å². The van der Waals surface area contributed by atoms with Crippen LogP contribution in [0.25, 0.3) is 0 Å². The molecule has 0 aliphatic carbocycles. The third-order valence-corrected chi connectivity index (χ3v) is 4.35. The maximum Gasteiger partial charge on any atom is 0.271 e. The molecule has 0 unspecified atom stereocenters. The van der Waals surface area contributed by atoms with Gasteiger partial charge in [0.05, 0.1) is 10.6 Å². The van der Waals surface area contributed by atoms with E-state index in [0.717, 1.165) is 16.2 Å². The number of carbonyl (C=O) groups is 2. The molecule has 2 aromatic rings. The smallest absolute Gasteiger partial charge is 0.271 e. The van der Waals surface area contributed by atoms with Gasteiger partial charge in [0.25, 0.3) is 17.2 Å². The molecule has 0 fully saturated rings. The number of nitrogens with one attached hydrogen (secondary N) is 2. The molecule has 1 aliphatic heterocycles. The predicted molar refractivity (Wildman–Crippen MR) is 99.3 cm³/mol. The van der Waals surface area contributed by atoms with Crippen molar-refractivity contribution in [1.29, 1.82) is 0 Å². The summed E-state index contributed by atoms with van der Waals surface area (Å²) in [7, 11) is 0. The van der Waals surface area contributed by atoms with Crippen LogP contribution in [-0.2, 0) is 16.1 Å². The van der Waals surface area contributed by atoms with Crippen molar-refractivity contribution in [2.24, 2.45) is 0 Å². The van der Waals surface area contributed by atoms with E-state index in [1.807, 2.05) is 0 Å². The minimum atomic E-state index is -0.593. The molecule has 146 valence electrons. The van der Waals surface area contributed by atoms with E-state index in [-0.39, 0.29) is 42.4 Å². The number of H-pyrrole nitrogens is 1. The lowest BCUT2D eigenvalue weighted by Crippen LogP contribution is -2.45. The Morgan fingerprint density at radius 3 is 2.75 bits per heavy atom. The normalized spacial score (nSPS) is 12.9. The molecule has 1 aromatic carbocycles. The lowest BCUT2D eigenvalue weighted by atomic mass is 10.1. The van der Waals surface area contributed by atoms with Crippen LogP contribution in [0.4, 0.5) is 11.4 Å². The van der Waals surface area contributed by atoms with Crippen molar-refractivity contribution >= 4 is 23.2 Å². The number of hydrogen-bond acceptors (Lipinski definition) is 6. The standard InChI is InChI=1S/C18H18N4O6/c1-10-5-11(2)20-18(25)13(10)7-19-16(23)8-21-14-6-12(22(26)27)3-4-15(14)28-9-17(21)24/h3-6H,7-9H2,1-2H3,(H,19,23)(H,20,25). The Bertz CT molecular complexity index is 1030. The summed E-state index contributed by atoms with van der Waals surface area (Å²) in [6.07, 6.45) is 0. The van der Waals surface area contributed by atoms with Gasteiger partial charge in [-0.3, -0.25) is 29.4 Å². The third kappa shape index (κ3) is 3.85. The molecule has 3 rings (SSSR count). The molecule has 0 spiro atoms. The lowest BCUT2D eigenvalue weighted by molar-refractivity contribution is -0.384. The van der Waals surface area contributed by atoms with Crippen molar-refractivity contribution in [2.75, 3.05) is 18.1 Å². The maximum absolute atomic E-state index is 12.4. The first kappa shape index (κ1) is 19.1. The van der Waals surface area contributed by atoms with E-state index < -0.39 is 16.7 Å². The molecule has 10 heteroatoms. The number of nitro groups is 1. The highest BCUT2D eigenvalue weighted by Gasteiger charge is 2.29. The van der Waals surface area contributed by atoms with Crippen LogP contribution in [-0.4, -0.2) is 34.9 Å². The molecule has 1 aromatic heterocycles. The third-order valence-electron chi connectivity index (χ3n) is 4.35. The van der Waals surface area contributed by atoms with Gasteiger partial charge < -0.3 is 15.0 Å². The van der Waals surface area contributed by atoms with Crippen molar-refractivity contribution in [3.05, 3.63) is 61.6 Å². The summed E-state index contributed by atoms with van der Waals surface area (Å²) in [5, 5.41) is 13.6. The van der Waals surface area contributed by atoms with Gasteiger partial charge in [-0.2, -0.15) is 0 Å². The summed E-state index contributed by atoms with van der Waals surface area (Å²) < 4.78 is 5.26. The summed E-state index contributed by atoms with van der Waals surface area (Å²) >= 11 is 0. The van der Waals surface area contributed by atoms with Gasteiger partial charge in [-0.15, -0.1) is 0 Å². The van der Waals surface area contributed by atoms with Crippen LogP contribution in [0.1, 0.15) is 16.8 Å². The SMILES string of the molecule is Cc1cc(C)c(CNC(=O)CN2C(=O)COc3ccc([N+](=O)[O-])cc32)c(=O)[nH]1. The summed E-state index contributed by atoms with van der Waals surface area (Å²) in [5.74, 6) is -0.719. The van der Waals surface area contributed by atoms with Gasteiger partial charge in [0.2, 0.25) is 5.91 Å². The Morgan fingerprint density at radius 2 is 2.07 bits per heavy atom. The topological polar surface area (TPSA) is 135 Å². The Labute approximate surface area is 159 Å². The largest absolute Gasteiger partial charge is 0.482 e. The average Bonchev–Trinajstić information content (AvgIpc) is 2.62. The van der Waals surface area contributed by atoms with Gasteiger partial charge in [0, 0.05) is 29.9 Å². The summed E-state index contributed by atoms with van der Waals surface area (Å²) in [6.45, 7) is 2.91. The fraction of sp³-hybridized carbons (Fsp3) is 0.278. The van der Waals surface area contributed by atoms with Crippen LogP contribution in [0.5, 0.6) is 5.75 Å². The fourth-order valence-corrected chi connectivity index (χ4v) is 2.97. The first-order valence-corrected chi connectivity index (χ1v) is 8.44. The number of amides is 2. The van der Waals surface area contributed by atoms with Gasteiger partial charge in [-0.25, -0.2) is 0 Å². The van der Waals surface area contributed by atoms with Crippen LogP contribution in [0.15, 0.2) is 29.1 Å². The quantitative estimate of drug-likeness (QED) is 0.580. The van der Waals surface area contributed by atoms with Gasteiger partial charge in [0.15, 0.2) is 6.61 Å². The van der Waals surface area contributed by atoms with E-state index in [1.54, 1.807) is 19.9 Å². The molecular formula is C18H18N4O6. The number of nitrogens with zero attached hydrogens (tertiary/aromatic N) is 2. The number of nitro benzene ring substituents is 1. The van der Waals surface area contributed by atoms with Crippen molar-refractivity contribution in [3.8, 4) is 5.75 Å². The number of aromatic amines is 1. The molecular weight excluding hydrogens is 368 g/mol. The van der Waals surface area contributed by atoms with E-state index in [1.165, 1.54) is 18.2 Å². The van der Waals surface area contributed by atoms with Gasteiger partial charge in [0.1, 0.15) is 12.3 Å². The number of anilines is 1. The van der Waals surface area contributed by atoms with Crippen LogP contribution in [0, 0.1) is 24.0 Å². The zero-order valence-corrected chi connectivity index (χ0v) is 15.3. The van der Waals surface area contributed by atoms with Gasteiger partial charge in [-0.05, 0) is 31.5 Å². The monoisotopic (exact) mass is 386 g/mol. The molecule has 0 atom stereocenters. The van der Waals surface area contributed by atoms with E-state index in [0.29, 0.717) is 5.56 Å². The number of hydrogen-bond donors (Lipinski definition) is 2. The second-order valence-corrected chi connectivity index (χ2v) is 6.40. The number of pyridine rings is 1. The van der Waals surface area contributed by atoms with Crippen LogP contribution in [0.3, 0.4) is 0 Å². The lowest BCUT2D eigenvalue weighted by Gasteiger charge is -2.28. The first-order valence-electron chi connectivity index (χ1n) is 8.44. The van der Waals surface area contributed by atoms with E-state index in [2.05, 4.69) is 10.3 Å². The minimum Gasteiger partial charge on any atom is -0.482 e. The minimum absolute atomic E-state index is 0.000600. The number of benzene rings is 1. The Morgan fingerprint density at radius 1 is 1.32 bits per heavy atom. The summed E-state index contributed by atoms with van der Waals surface area (Å²) in [4.78, 5) is 50.8. The molecule has 1 aliphatic rings. The number of ether oxygens (including phenoxy) is 1. The van der Waals surface area contributed by atoms with Crippen LogP contribution < -0.4 is 20.5 Å². The summed E-state index contributed by atoms with van der Waals surface area (Å²) in [5.41, 5.74) is 1.53. The average molecular weight is 386 g/mol. The zero-order valence-electron chi connectivity index (χ0n) is 15.3. The maximum atomic E-state index is 12.4. The zero-order chi connectivity index (χ0) is 20.4. The van der Waals surface area contributed by atoms with E-state index in [9.17, 15) is 24.5 Å². The number of non-ortho nitro benzene ring substituents is 1. The number of fused-ring (bicyclic) bond motifs is 1. The fourth-order valence-electron chi connectivity index (χ4n) is 2.97. The predicted octanol–water partition coefficient (Wildman–Crippen LogP) is 0.942. The molecule has 0 saturated carbocycles. The van der Waals surface area contributed by atoms with Gasteiger partial charge in [-0.1, -0.05) is 0 Å². The first-order chi connectivity index (χ1) is 13.3. The second-order valence-electron chi connectivity index (χ2n) is 6.40. The van der Waals surface area contributed by atoms with Crippen molar-refractivity contribution in [1.82, 2.24) is 10.3 Å². The molecule has 0 radical (unpaired) electrons. The number of aromatic nitrogens is 1. The Hall–Kier alpha value is -3.69. The number of carbonyl (C=O) groups excluding carboxylic acids is 2. The molecule has 0 saturated heterocycles. The second kappa shape index (κ2) is 7.51. The molecule has 28 heavy (non-hydrogen) atoms. The highest BCUT2D eigenvalue weighted by Crippen LogP contribution is 2.35. The molecule has 0 bridgehead atoms.